The molecule has 1 aromatic carbocycles. The summed E-state index contributed by atoms with van der Waals surface area (Å²) in [5, 5.41) is 7.03. The van der Waals surface area contributed by atoms with Crippen molar-refractivity contribution in [2.45, 2.75) is 26.4 Å². The molecule has 1 N–H and O–H groups in total. The van der Waals surface area contributed by atoms with Gasteiger partial charge in [-0.2, -0.15) is 0 Å². The molecule has 0 saturated heterocycles. The van der Waals surface area contributed by atoms with Crippen molar-refractivity contribution in [1.29, 1.82) is 0 Å². The average molecular weight is 411 g/mol. The van der Waals surface area contributed by atoms with Crippen LogP contribution in [0.4, 0.5) is 5.00 Å². The summed E-state index contributed by atoms with van der Waals surface area (Å²) >= 11 is 1.41. The molecule has 1 aliphatic heterocycles. The zero-order valence-corrected chi connectivity index (χ0v) is 17.0. The van der Waals surface area contributed by atoms with Crippen LogP contribution in [0, 0.1) is 6.92 Å². The van der Waals surface area contributed by atoms with E-state index in [-0.39, 0.29) is 5.76 Å². The van der Waals surface area contributed by atoms with E-state index in [4.69, 9.17) is 9.26 Å². The summed E-state index contributed by atoms with van der Waals surface area (Å²) in [6.45, 7) is 4.13. The number of aryl methyl sites for hydroxylation is 1. The summed E-state index contributed by atoms with van der Waals surface area (Å²) in [6.07, 6.45) is 0.723. The fourth-order valence-electron chi connectivity index (χ4n) is 3.47. The Labute approximate surface area is 172 Å². The number of thiophene rings is 1. The monoisotopic (exact) mass is 411 g/mol. The zero-order valence-electron chi connectivity index (χ0n) is 16.2. The van der Waals surface area contributed by atoms with Gasteiger partial charge in [0.15, 0.2) is 0 Å². The predicted molar refractivity (Wildman–Crippen MR) is 109 cm³/mol. The lowest BCUT2D eigenvalue weighted by atomic mass is 10.0. The lowest BCUT2D eigenvalue weighted by Gasteiger charge is -2.27. The van der Waals surface area contributed by atoms with Gasteiger partial charge in [0, 0.05) is 30.6 Å². The minimum Gasteiger partial charge on any atom is -0.465 e. The van der Waals surface area contributed by atoms with Crippen molar-refractivity contribution < 1.29 is 18.8 Å². The van der Waals surface area contributed by atoms with Gasteiger partial charge in [0.25, 0.3) is 5.91 Å². The van der Waals surface area contributed by atoms with Gasteiger partial charge >= 0.3 is 5.97 Å². The third-order valence-electron chi connectivity index (χ3n) is 4.85. The quantitative estimate of drug-likeness (QED) is 0.645. The van der Waals surface area contributed by atoms with Gasteiger partial charge in [0.05, 0.1) is 18.4 Å². The van der Waals surface area contributed by atoms with Gasteiger partial charge in [-0.15, -0.1) is 11.3 Å². The smallest absolute Gasteiger partial charge is 0.341 e. The van der Waals surface area contributed by atoms with Crippen LogP contribution in [0.2, 0.25) is 0 Å². The summed E-state index contributed by atoms with van der Waals surface area (Å²) < 4.78 is 10.0. The van der Waals surface area contributed by atoms with Gasteiger partial charge in [0.2, 0.25) is 5.76 Å². The lowest BCUT2D eigenvalue weighted by Crippen LogP contribution is -2.29. The third kappa shape index (κ3) is 4.08. The van der Waals surface area contributed by atoms with E-state index in [0.717, 1.165) is 36.5 Å². The molecule has 0 unspecified atom stereocenters. The third-order valence-corrected chi connectivity index (χ3v) is 5.99. The number of nitrogens with one attached hydrogen (secondary N) is 1. The van der Waals surface area contributed by atoms with Crippen LogP contribution in [0.25, 0.3) is 0 Å². The standard InChI is InChI=1S/C21H21N3O4S/c1-13-10-16(28-23-13)19(25)22-20-18(21(26)27-2)15-8-9-24(12-17(15)29-20)11-14-6-4-3-5-7-14/h3-7,10H,8-9,11-12H2,1-2H3,(H,22,25). The number of esters is 1. The van der Waals surface area contributed by atoms with Gasteiger partial charge < -0.3 is 14.6 Å². The summed E-state index contributed by atoms with van der Waals surface area (Å²) in [7, 11) is 1.35. The molecule has 0 bridgehead atoms. The van der Waals surface area contributed by atoms with Crippen molar-refractivity contribution in [2.75, 3.05) is 19.0 Å². The zero-order chi connectivity index (χ0) is 20.4. The maximum atomic E-state index is 12.5. The number of rotatable bonds is 5. The molecule has 7 nitrogen and oxygen atoms in total. The minimum absolute atomic E-state index is 0.107. The summed E-state index contributed by atoms with van der Waals surface area (Å²) in [4.78, 5) is 28.4. The van der Waals surface area contributed by atoms with Crippen LogP contribution < -0.4 is 5.32 Å². The average Bonchev–Trinajstić information content (AvgIpc) is 3.31. The summed E-state index contributed by atoms with van der Waals surface area (Å²) in [5.41, 5.74) is 3.26. The number of methoxy groups -OCH3 is 1. The number of hydrogen-bond donors (Lipinski definition) is 1. The molecule has 29 heavy (non-hydrogen) atoms. The number of ether oxygens (including phenoxy) is 1. The van der Waals surface area contributed by atoms with Crippen molar-refractivity contribution >= 4 is 28.2 Å². The first-order valence-electron chi connectivity index (χ1n) is 9.29. The Balaban J connectivity index is 1.58. The van der Waals surface area contributed by atoms with E-state index < -0.39 is 11.9 Å². The Bertz CT molecular complexity index is 1040. The van der Waals surface area contributed by atoms with E-state index in [1.165, 1.54) is 24.0 Å². The fourth-order valence-corrected chi connectivity index (χ4v) is 4.75. The highest BCUT2D eigenvalue weighted by atomic mass is 32.1. The number of benzene rings is 1. The molecule has 0 radical (unpaired) electrons. The van der Waals surface area contributed by atoms with Crippen LogP contribution in [0.3, 0.4) is 0 Å². The molecule has 0 fully saturated rings. The van der Waals surface area contributed by atoms with Crippen LogP contribution in [0.1, 0.15) is 42.6 Å². The molecule has 8 heteroatoms. The maximum Gasteiger partial charge on any atom is 0.341 e. The maximum absolute atomic E-state index is 12.5. The number of aromatic nitrogens is 1. The van der Waals surface area contributed by atoms with Crippen LogP contribution >= 0.6 is 11.3 Å². The van der Waals surface area contributed by atoms with Crippen molar-refractivity contribution in [3.05, 3.63) is 69.4 Å². The molecule has 0 saturated carbocycles. The van der Waals surface area contributed by atoms with Crippen molar-refractivity contribution in [1.82, 2.24) is 10.1 Å². The van der Waals surface area contributed by atoms with Gasteiger partial charge in [0.1, 0.15) is 5.00 Å². The number of carbonyl (C=O) groups excluding carboxylic acids is 2. The second-order valence-corrected chi connectivity index (χ2v) is 8.04. The molecular formula is C21H21N3O4S. The van der Waals surface area contributed by atoms with Gasteiger partial charge in [-0.25, -0.2) is 4.79 Å². The Morgan fingerprint density at radius 2 is 2.10 bits per heavy atom. The van der Waals surface area contributed by atoms with Gasteiger partial charge in [-0.05, 0) is 24.5 Å². The highest BCUT2D eigenvalue weighted by Gasteiger charge is 2.30. The molecule has 1 aliphatic rings. The predicted octanol–water partition coefficient (Wildman–Crippen LogP) is 3.64. The minimum atomic E-state index is -0.442. The second-order valence-electron chi connectivity index (χ2n) is 6.93. The fraction of sp³-hybridized carbons (Fsp3) is 0.286. The van der Waals surface area contributed by atoms with E-state index in [1.54, 1.807) is 13.0 Å². The Hall–Kier alpha value is -2.97. The summed E-state index contributed by atoms with van der Waals surface area (Å²) in [5.74, 6) is -0.769. The van der Waals surface area contributed by atoms with E-state index >= 15 is 0 Å². The lowest BCUT2D eigenvalue weighted by molar-refractivity contribution is 0.0600. The normalized spacial score (nSPS) is 13.7. The number of nitrogens with zero attached hydrogens (tertiary/aromatic N) is 2. The van der Waals surface area contributed by atoms with Crippen molar-refractivity contribution in [3.8, 4) is 0 Å². The van der Waals surface area contributed by atoms with Crippen molar-refractivity contribution in [3.63, 3.8) is 0 Å². The van der Waals surface area contributed by atoms with Crippen LogP contribution in [0.5, 0.6) is 0 Å². The molecule has 4 rings (SSSR count). The van der Waals surface area contributed by atoms with E-state index in [9.17, 15) is 9.59 Å². The highest BCUT2D eigenvalue weighted by molar-refractivity contribution is 7.17. The Kier molecular flexibility index (Phi) is 5.46. The number of fused-ring (bicyclic) bond motifs is 1. The molecule has 0 atom stereocenters. The van der Waals surface area contributed by atoms with Crippen molar-refractivity contribution in [2.24, 2.45) is 0 Å². The molecular weight excluding hydrogens is 390 g/mol. The molecule has 0 spiro atoms. The molecule has 1 amide bonds. The van der Waals surface area contributed by atoms with E-state index in [1.807, 2.05) is 18.2 Å². The highest BCUT2D eigenvalue weighted by Crippen LogP contribution is 2.38. The number of amides is 1. The largest absolute Gasteiger partial charge is 0.465 e. The van der Waals surface area contributed by atoms with Gasteiger partial charge in [-0.1, -0.05) is 35.5 Å². The molecule has 3 aromatic rings. The molecule has 2 aromatic heterocycles. The Morgan fingerprint density at radius 1 is 1.31 bits per heavy atom. The SMILES string of the molecule is COC(=O)c1c(NC(=O)c2cc(C)no2)sc2c1CCN(Cc1ccccc1)C2. The molecule has 150 valence electrons. The first kappa shape index (κ1) is 19.4. The Morgan fingerprint density at radius 3 is 2.79 bits per heavy atom. The molecule has 3 heterocycles. The van der Waals surface area contributed by atoms with Crippen LogP contribution in [-0.2, 0) is 24.2 Å². The topological polar surface area (TPSA) is 84.7 Å². The first-order chi connectivity index (χ1) is 14.0. The van der Waals surface area contributed by atoms with Gasteiger partial charge in [-0.3, -0.25) is 9.69 Å². The molecule has 0 aliphatic carbocycles. The summed E-state index contributed by atoms with van der Waals surface area (Å²) in [6, 6.07) is 11.8. The van der Waals surface area contributed by atoms with Crippen LogP contribution in [-0.4, -0.2) is 35.6 Å². The number of anilines is 1. The van der Waals surface area contributed by atoms with Crippen LogP contribution in [0.15, 0.2) is 40.9 Å². The number of carbonyl (C=O) groups is 2. The second kappa shape index (κ2) is 8.18. The van der Waals surface area contributed by atoms with E-state index in [2.05, 4.69) is 27.5 Å². The number of hydrogen-bond acceptors (Lipinski definition) is 7. The first-order valence-corrected chi connectivity index (χ1v) is 10.1. The van der Waals surface area contributed by atoms with E-state index in [0.29, 0.717) is 16.3 Å².